The van der Waals surface area contributed by atoms with Crippen LogP contribution in [0.25, 0.3) is 0 Å². The summed E-state index contributed by atoms with van der Waals surface area (Å²) in [4.78, 5) is 27.5. The molecule has 0 aromatic heterocycles. The van der Waals surface area contributed by atoms with Crippen LogP contribution in [0.1, 0.15) is 18.5 Å². The summed E-state index contributed by atoms with van der Waals surface area (Å²) in [5, 5.41) is 2.61. The molecule has 0 fully saturated rings. The Balaban J connectivity index is 2.33. The second-order valence-electron chi connectivity index (χ2n) is 4.63. The number of nitrogens with zero attached hydrogens (tertiary/aromatic N) is 1. The molecule has 0 bridgehead atoms. The quantitative estimate of drug-likeness (QED) is 0.684. The highest BCUT2D eigenvalue weighted by atomic mass is 19.1. The number of aliphatic imine (C=N–C) groups is 1. The van der Waals surface area contributed by atoms with E-state index in [2.05, 4.69) is 16.9 Å². The molecule has 2 unspecified atom stereocenters. The van der Waals surface area contributed by atoms with Gasteiger partial charge in [-0.1, -0.05) is 24.8 Å². The fraction of sp³-hybridized carbons (Fsp3) is 0.267. The molecule has 1 aromatic rings. The summed E-state index contributed by atoms with van der Waals surface area (Å²) in [6.45, 7) is 5.15. The van der Waals surface area contributed by atoms with Gasteiger partial charge in [0.25, 0.3) is 0 Å². The highest BCUT2D eigenvalue weighted by molar-refractivity contribution is 6.08. The van der Waals surface area contributed by atoms with Gasteiger partial charge in [0.15, 0.2) is 0 Å². The molecule has 110 valence electrons. The summed E-state index contributed by atoms with van der Waals surface area (Å²) in [5.41, 5.74) is 0.974. The first-order valence-electron chi connectivity index (χ1n) is 6.41. The molecule has 21 heavy (non-hydrogen) atoms. The van der Waals surface area contributed by atoms with E-state index in [9.17, 15) is 14.0 Å². The van der Waals surface area contributed by atoms with Crippen molar-refractivity contribution in [3.05, 3.63) is 48.3 Å². The van der Waals surface area contributed by atoms with Gasteiger partial charge < -0.3 is 10.1 Å². The molecule has 2 atom stereocenters. The van der Waals surface area contributed by atoms with Crippen LogP contribution in [0.4, 0.5) is 9.18 Å². The number of amides is 2. The van der Waals surface area contributed by atoms with E-state index in [4.69, 9.17) is 4.74 Å². The Labute approximate surface area is 121 Å². The lowest BCUT2D eigenvalue weighted by Crippen LogP contribution is -2.44. The summed E-state index contributed by atoms with van der Waals surface area (Å²) in [7, 11) is 0. The Kier molecular flexibility index (Phi) is 4.47. The standard InChI is InChI=1S/C15H15FN2O3/c1-3-8-21-14(19)12-9(2)17-15(20)18-13(12)10-4-6-11(16)7-5-10/h3-7,12-13H,1,8H2,2H3,(H,18,20). The zero-order valence-electron chi connectivity index (χ0n) is 11.5. The number of urea groups is 1. The van der Waals surface area contributed by atoms with E-state index < -0.39 is 29.8 Å². The molecule has 5 nitrogen and oxygen atoms in total. The molecule has 1 aliphatic heterocycles. The van der Waals surface area contributed by atoms with Crippen molar-refractivity contribution in [1.29, 1.82) is 0 Å². The van der Waals surface area contributed by atoms with Crippen molar-refractivity contribution in [2.75, 3.05) is 6.61 Å². The Hall–Kier alpha value is -2.50. The zero-order valence-corrected chi connectivity index (χ0v) is 11.5. The second-order valence-corrected chi connectivity index (χ2v) is 4.63. The first-order valence-corrected chi connectivity index (χ1v) is 6.41. The largest absolute Gasteiger partial charge is 0.461 e. The lowest BCUT2D eigenvalue weighted by atomic mass is 9.88. The highest BCUT2D eigenvalue weighted by Crippen LogP contribution is 2.28. The van der Waals surface area contributed by atoms with E-state index in [-0.39, 0.29) is 6.61 Å². The summed E-state index contributed by atoms with van der Waals surface area (Å²) in [6.07, 6.45) is 1.46. The van der Waals surface area contributed by atoms with Crippen LogP contribution in [0.2, 0.25) is 0 Å². The van der Waals surface area contributed by atoms with Crippen molar-refractivity contribution in [3.8, 4) is 0 Å². The molecule has 2 rings (SSSR count). The minimum atomic E-state index is -0.742. The maximum absolute atomic E-state index is 13.0. The SMILES string of the molecule is C=CCOC(=O)C1C(C)=NC(=O)NC1c1ccc(F)cc1. The molecule has 0 aliphatic carbocycles. The van der Waals surface area contributed by atoms with Gasteiger partial charge in [0.05, 0.1) is 6.04 Å². The smallest absolute Gasteiger partial charge is 0.341 e. The molecule has 1 aromatic carbocycles. The molecule has 6 heteroatoms. The van der Waals surface area contributed by atoms with Crippen molar-refractivity contribution < 1.29 is 18.7 Å². The van der Waals surface area contributed by atoms with E-state index in [0.717, 1.165) is 0 Å². The average molecular weight is 290 g/mol. The van der Waals surface area contributed by atoms with Gasteiger partial charge in [0.1, 0.15) is 18.3 Å². The Morgan fingerprint density at radius 2 is 2.14 bits per heavy atom. The highest BCUT2D eigenvalue weighted by Gasteiger charge is 2.37. The molecular formula is C15H15FN2O3. The minimum Gasteiger partial charge on any atom is -0.461 e. The van der Waals surface area contributed by atoms with E-state index in [1.165, 1.54) is 30.3 Å². The molecule has 2 amide bonds. The van der Waals surface area contributed by atoms with Crippen LogP contribution >= 0.6 is 0 Å². The molecule has 0 radical (unpaired) electrons. The third-order valence-electron chi connectivity index (χ3n) is 3.17. The van der Waals surface area contributed by atoms with Crippen LogP contribution in [-0.4, -0.2) is 24.3 Å². The van der Waals surface area contributed by atoms with Gasteiger partial charge in [0.2, 0.25) is 0 Å². The van der Waals surface area contributed by atoms with Crippen LogP contribution in [0.5, 0.6) is 0 Å². The molecule has 0 saturated carbocycles. The first kappa shape index (κ1) is 14.9. The van der Waals surface area contributed by atoms with Gasteiger partial charge in [-0.2, -0.15) is 0 Å². The molecule has 1 N–H and O–H groups in total. The molecule has 0 spiro atoms. The number of carbonyl (C=O) groups is 2. The monoisotopic (exact) mass is 290 g/mol. The van der Waals surface area contributed by atoms with E-state index >= 15 is 0 Å². The van der Waals surface area contributed by atoms with Crippen molar-refractivity contribution in [1.82, 2.24) is 5.32 Å². The topological polar surface area (TPSA) is 67.8 Å². The molecular weight excluding hydrogens is 275 g/mol. The predicted molar refractivity (Wildman–Crippen MR) is 75.4 cm³/mol. The third kappa shape index (κ3) is 3.34. The van der Waals surface area contributed by atoms with E-state index in [0.29, 0.717) is 11.3 Å². The number of halogens is 1. The molecule has 1 aliphatic rings. The Bertz CT molecular complexity index is 595. The summed E-state index contributed by atoms with van der Waals surface area (Å²) < 4.78 is 18.1. The number of carbonyl (C=O) groups excluding carboxylic acids is 2. The Morgan fingerprint density at radius 3 is 2.76 bits per heavy atom. The fourth-order valence-electron chi connectivity index (χ4n) is 2.20. The zero-order chi connectivity index (χ0) is 15.4. The van der Waals surface area contributed by atoms with Crippen molar-refractivity contribution in [2.24, 2.45) is 10.9 Å². The third-order valence-corrected chi connectivity index (χ3v) is 3.17. The number of rotatable bonds is 4. The average Bonchev–Trinajstić information content (AvgIpc) is 2.44. The fourth-order valence-corrected chi connectivity index (χ4v) is 2.20. The number of esters is 1. The summed E-state index contributed by atoms with van der Waals surface area (Å²) in [6, 6.07) is 4.42. The maximum Gasteiger partial charge on any atom is 0.341 e. The second kappa shape index (κ2) is 6.30. The number of ether oxygens (including phenoxy) is 1. The number of benzene rings is 1. The van der Waals surface area contributed by atoms with Crippen LogP contribution in [-0.2, 0) is 9.53 Å². The van der Waals surface area contributed by atoms with Crippen molar-refractivity contribution >= 4 is 17.7 Å². The summed E-state index contributed by atoms with van der Waals surface area (Å²) in [5.74, 6) is -1.64. The number of hydrogen-bond donors (Lipinski definition) is 1. The van der Waals surface area contributed by atoms with Gasteiger partial charge in [-0.15, -0.1) is 0 Å². The summed E-state index contributed by atoms with van der Waals surface area (Å²) >= 11 is 0. The van der Waals surface area contributed by atoms with Gasteiger partial charge in [-0.05, 0) is 24.6 Å². The van der Waals surface area contributed by atoms with Gasteiger partial charge >= 0.3 is 12.0 Å². The predicted octanol–water partition coefficient (Wildman–Crippen LogP) is 2.40. The normalized spacial score (nSPS) is 21.2. The minimum absolute atomic E-state index is 0.0761. The number of nitrogens with one attached hydrogen (secondary N) is 1. The van der Waals surface area contributed by atoms with Crippen LogP contribution in [0, 0.1) is 11.7 Å². The van der Waals surface area contributed by atoms with Crippen molar-refractivity contribution in [2.45, 2.75) is 13.0 Å². The van der Waals surface area contributed by atoms with Gasteiger partial charge in [0, 0.05) is 5.71 Å². The maximum atomic E-state index is 13.0. The van der Waals surface area contributed by atoms with Crippen molar-refractivity contribution in [3.63, 3.8) is 0 Å². The lowest BCUT2D eigenvalue weighted by molar-refractivity contribution is -0.145. The lowest BCUT2D eigenvalue weighted by Gasteiger charge is -2.29. The van der Waals surface area contributed by atoms with E-state index in [1.807, 2.05) is 0 Å². The van der Waals surface area contributed by atoms with Crippen LogP contribution < -0.4 is 5.32 Å². The Morgan fingerprint density at radius 1 is 1.48 bits per heavy atom. The van der Waals surface area contributed by atoms with Gasteiger partial charge in [-0.25, -0.2) is 14.2 Å². The van der Waals surface area contributed by atoms with E-state index in [1.54, 1.807) is 6.92 Å². The van der Waals surface area contributed by atoms with Crippen LogP contribution in [0.3, 0.4) is 0 Å². The number of hydrogen-bond acceptors (Lipinski definition) is 3. The first-order chi connectivity index (χ1) is 10.0. The molecule has 1 heterocycles. The van der Waals surface area contributed by atoms with Gasteiger partial charge in [-0.3, -0.25) is 4.79 Å². The van der Waals surface area contributed by atoms with Crippen LogP contribution in [0.15, 0.2) is 41.9 Å². The molecule has 0 saturated heterocycles.